The van der Waals surface area contributed by atoms with Gasteiger partial charge in [0.05, 0.1) is 17.5 Å². The third-order valence-electron chi connectivity index (χ3n) is 6.68. The minimum atomic E-state index is -4.74. The van der Waals surface area contributed by atoms with E-state index >= 15 is 0 Å². The summed E-state index contributed by atoms with van der Waals surface area (Å²) < 4.78 is 80.0. The standard InChI is InChI=1S/C30H33F4N3O4S/c1-4-21(2)35-29(39)27(17-22-9-6-5-7-10-22)36(19-23-13-15-25(31)16-14-23)28(38)20-37(42(3,40)41)26-12-8-11-24(18-26)30(32,33)34/h5-16,18,21,27H,4,17,19-20H2,1-3H3,(H,35,39)/t21-,27-/m0/s1. The van der Waals surface area contributed by atoms with Crippen molar-refractivity contribution in [2.45, 2.75) is 51.5 Å². The van der Waals surface area contributed by atoms with Gasteiger partial charge >= 0.3 is 6.18 Å². The van der Waals surface area contributed by atoms with Crippen LogP contribution in [0.25, 0.3) is 0 Å². The van der Waals surface area contributed by atoms with Crippen molar-refractivity contribution in [3.8, 4) is 0 Å². The molecule has 0 aliphatic heterocycles. The fourth-order valence-corrected chi connectivity index (χ4v) is 5.07. The van der Waals surface area contributed by atoms with Crippen LogP contribution in [-0.2, 0) is 38.8 Å². The number of anilines is 1. The van der Waals surface area contributed by atoms with Crippen LogP contribution in [0, 0.1) is 5.82 Å². The van der Waals surface area contributed by atoms with Crippen molar-refractivity contribution in [2.75, 3.05) is 17.1 Å². The number of sulfonamides is 1. The SMILES string of the molecule is CC[C@H](C)NC(=O)[C@H](Cc1ccccc1)N(Cc1ccc(F)cc1)C(=O)CN(c1cccc(C(F)(F)F)c1)S(C)(=O)=O. The summed E-state index contributed by atoms with van der Waals surface area (Å²) in [6.07, 6.45) is -3.29. The Hall–Kier alpha value is -3.93. The summed E-state index contributed by atoms with van der Waals surface area (Å²) in [6, 6.07) is 16.4. The lowest BCUT2D eigenvalue weighted by Gasteiger charge is -2.34. The third-order valence-corrected chi connectivity index (χ3v) is 7.82. The van der Waals surface area contributed by atoms with E-state index in [1.54, 1.807) is 37.3 Å². The number of carbonyl (C=O) groups is 2. The first-order valence-electron chi connectivity index (χ1n) is 13.2. The van der Waals surface area contributed by atoms with Crippen LogP contribution in [0.4, 0.5) is 23.2 Å². The molecule has 0 aliphatic carbocycles. The fraction of sp³-hybridized carbons (Fsp3) is 0.333. The molecule has 0 aliphatic rings. The molecule has 226 valence electrons. The van der Waals surface area contributed by atoms with Gasteiger partial charge in [-0.2, -0.15) is 13.2 Å². The molecule has 3 aromatic rings. The predicted octanol–water partition coefficient (Wildman–Crippen LogP) is 5.17. The van der Waals surface area contributed by atoms with Crippen LogP contribution in [-0.4, -0.2) is 50.0 Å². The van der Waals surface area contributed by atoms with Gasteiger partial charge in [0.2, 0.25) is 21.8 Å². The van der Waals surface area contributed by atoms with Crippen molar-refractivity contribution < 1.29 is 35.6 Å². The highest BCUT2D eigenvalue weighted by atomic mass is 32.2. The summed E-state index contributed by atoms with van der Waals surface area (Å²) >= 11 is 0. The Bertz CT molecular complexity index is 1470. The van der Waals surface area contributed by atoms with Gasteiger partial charge in [0.15, 0.2) is 0 Å². The number of hydrogen-bond acceptors (Lipinski definition) is 4. The average molecular weight is 608 g/mol. The zero-order valence-electron chi connectivity index (χ0n) is 23.4. The fourth-order valence-electron chi connectivity index (χ4n) is 4.23. The molecule has 42 heavy (non-hydrogen) atoms. The van der Waals surface area contributed by atoms with Gasteiger partial charge < -0.3 is 10.2 Å². The molecule has 0 spiro atoms. The second kappa shape index (κ2) is 13.8. The molecule has 0 fully saturated rings. The van der Waals surface area contributed by atoms with Crippen molar-refractivity contribution in [3.63, 3.8) is 0 Å². The molecule has 0 aromatic heterocycles. The number of hydrogen-bond donors (Lipinski definition) is 1. The largest absolute Gasteiger partial charge is 0.416 e. The molecule has 0 saturated carbocycles. The van der Waals surface area contributed by atoms with Crippen LogP contribution in [0.15, 0.2) is 78.9 Å². The lowest BCUT2D eigenvalue weighted by molar-refractivity contribution is -0.140. The zero-order valence-corrected chi connectivity index (χ0v) is 24.3. The van der Waals surface area contributed by atoms with Gasteiger partial charge in [0.25, 0.3) is 0 Å². The first kappa shape index (κ1) is 32.6. The molecule has 0 radical (unpaired) electrons. The number of carbonyl (C=O) groups excluding carboxylic acids is 2. The monoisotopic (exact) mass is 607 g/mol. The molecule has 0 heterocycles. The molecule has 3 rings (SSSR count). The molecular weight excluding hydrogens is 574 g/mol. The van der Waals surface area contributed by atoms with Crippen LogP contribution < -0.4 is 9.62 Å². The van der Waals surface area contributed by atoms with E-state index in [-0.39, 0.29) is 24.7 Å². The number of amides is 2. The van der Waals surface area contributed by atoms with Crippen LogP contribution in [0.5, 0.6) is 0 Å². The quantitative estimate of drug-likeness (QED) is 0.288. The predicted molar refractivity (Wildman–Crippen MR) is 152 cm³/mol. The highest BCUT2D eigenvalue weighted by Crippen LogP contribution is 2.32. The molecule has 7 nitrogen and oxygen atoms in total. The number of halogens is 4. The Morgan fingerprint density at radius 3 is 2.14 bits per heavy atom. The van der Waals surface area contributed by atoms with Crippen molar-refractivity contribution >= 4 is 27.5 Å². The summed E-state index contributed by atoms with van der Waals surface area (Å²) in [7, 11) is -4.25. The topological polar surface area (TPSA) is 86.8 Å². The van der Waals surface area contributed by atoms with E-state index < -0.39 is 52.0 Å². The highest BCUT2D eigenvalue weighted by Gasteiger charge is 2.35. The van der Waals surface area contributed by atoms with Crippen molar-refractivity contribution in [2.24, 2.45) is 0 Å². The van der Waals surface area contributed by atoms with E-state index in [9.17, 15) is 35.6 Å². The van der Waals surface area contributed by atoms with Gasteiger partial charge in [0.1, 0.15) is 18.4 Å². The lowest BCUT2D eigenvalue weighted by Crippen LogP contribution is -2.54. The minimum Gasteiger partial charge on any atom is -0.352 e. The summed E-state index contributed by atoms with van der Waals surface area (Å²) in [5, 5.41) is 2.87. The number of benzene rings is 3. The van der Waals surface area contributed by atoms with Crippen LogP contribution in [0.2, 0.25) is 0 Å². The van der Waals surface area contributed by atoms with Gasteiger partial charge in [-0.25, -0.2) is 12.8 Å². The number of alkyl halides is 3. The molecule has 1 N–H and O–H groups in total. The molecule has 3 aromatic carbocycles. The average Bonchev–Trinajstić information content (AvgIpc) is 2.93. The third kappa shape index (κ3) is 9.04. The summed E-state index contributed by atoms with van der Waals surface area (Å²) in [5.74, 6) is -1.84. The summed E-state index contributed by atoms with van der Waals surface area (Å²) in [4.78, 5) is 28.7. The van der Waals surface area contributed by atoms with Gasteiger partial charge in [-0.05, 0) is 54.8 Å². The molecule has 0 bridgehead atoms. The lowest BCUT2D eigenvalue weighted by atomic mass is 10.0. The van der Waals surface area contributed by atoms with E-state index in [1.807, 2.05) is 6.92 Å². The van der Waals surface area contributed by atoms with Gasteiger partial charge in [-0.3, -0.25) is 13.9 Å². The van der Waals surface area contributed by atoms with Crippen LogP contribution in [0.3, 0.4) is 0 Å². The van der Waals surface area contributed by atoms with Gasteiger partial charge in [0, 0.05) is 19.0 Å². The molecule has 2 amide bonds. The summed E-state index contributed by atoms with van der Waals surface area (Å²) in [6.45, 7) is 2.61. The minimum absolute atomic E-state index is 0.0679. The second-order valence-electron chi connectivity index (χ2n) is 9.99. The first-order valence-corrected chi connectivity index (χ1v) is 15.1. The maximum Gasteiger partial charge on any atom is 0.416 e. The number of nitrogens with zero attached hydrogens (tertiary/aromatic N) is 2. The van der Waals surface area contributed by atoms with Gasteiger partial charge in [-0.1, -0.05) is 55.5 Å². The summed E-state index contributed by atoms with van der Waals surface area (Å²) in [5.41, 5.74) is -0.258. The normalized spacial score (nSPS) is 13.2. The maximum atomic E-state index is 14.0. The van der Waals surface area contributed by atoms with Crippen LogP contribution >= 0.6 is 0 Å². The molecular formula is C30H33F4N3O4S. The maximum absolute atomic E-state index is 14.0. The molecule has 0 saturated heterocycles. The molecule has 2 atom stereocenters. The van der Waals surface area contributed by atoms with Crippen LogP contribution in [0.1, 0.15) is 37.0 Å². The van der Waals surface area contributed by atoms with E-state index in [2.05, 4.69) is 5.32 Å². The second-order valence-corrected chi connectivity index (χ2v) is 11.9. The van der Waals surface area contributed by atoms with E-state index in [0.717, 1.165) is 30.0 Å². The van der Waals surface area contributed by atoms with Crippen molar-refractivity contribution in [3.05, 3.63) is 101 Å². The first-order chi connectivity index (χ1) is 19.7. The zero-order chi connectivity index (χ0) is 31.1. The highest BCUT2D eigenvalue weighted by molar-refractivity contribution is 7.92. The Kier molecular flexibility index (Phi) is 10.7. The molecule has 12 heteroatoms. The van der Waals surface area contributed by atoms with E-state index in [0.29, 0.717) is 22.4 Å². The van der Waals surface area contributed by atoms with Crippen molar-refractivity contribution in [1.29, 1.82) is 0 Å². The van der Waals surface area contributed by atoms with E-state index in [4.69, 9.17) is 0 Å². The van der Waals surface area contributed by atoms with Gasteiger partial charge in [-0.15, -0.1) is 0 Å². The Labute approximate surface area is 243 Å². The van der Waals surface area contributed by atoms with E-state index in [1.165, 1.54) is 29.2 Å². The van der Waals surface area contributed by atoms with Crippen molar-refractivity contribution in [1.82, 2.24) is 10.2 Å². The number of rotatable bonds is 12. The smallest absolute Gasteiger partial charge is 0.352 e. The Morgan fingerprint density at radius 2 is 1.57 bits per heavy atom. The number of nitrogens with one attached hydrogen (secondary N) is 1. The Morgan fingerprint density at radius 1 is 0.929 bits per heavy atom. The molecule has 0 unspecified atom stereocenters. The Balaban J connectivity index is 2.08.